The van der Waals surface area contributed by atoms with Crippen LogP contribution in [0.15, 0.2) is 5.18 Å². The Balaban J connectivity index is 2.01. The van der Waals surface area contributed by atoms with Crippen LogP contribution in [0.25, 0.3) is 0 Å². The normalized spacial score (nSPS) is 33.1. The van der Waals surface area contributed by atoms with Crippen molar-refractivity contribution in [2.75, 3.05) is 13.2 Å². The average Bonchev–Trinajstić information content (AvgIpc) is 2.33. The Bertz CT molecular complexity index is 374. The predicted octanol–water partition coefficient (Wildman–Crippen LogP) is 0.870. The van der Waals surface area contributed by atoms with Gasteiger partial charge in [-0.3, -0.25) is 14.4 Å². The number of rotatable bonds is 3. The standard InChI is InChI=1S/C12H15NO5/c14-10-3-8(4-11(15)9(10)6-13-17)7-1-2-18-12(16)5-7/h7-9H,1-6H2. The van der Waals surface area contributed by atoms with Crippen molar-refractivity contribution in [2.45, 2.75) is 25.7 Å². The van der Waals surface area contributed by atoms with Gasteiger partial charge in [0, 0.05) is 19.3 Å². The van der Waals surface area contributed by atoms with Crippen LogP contribution < -0.4 is 0 Å². The quantitative estimate of drug-likeness (QED) is 0.423. The van der Waals surface area contributed by atoms with Gasteiger partial charge in [0.15, 0.2) is 0 Å². The first kappa shape index (κ1) is 12.9. The number of cyclic esters (lactones) is 1. The van der Waals surface area contributed by atoms with Crippen molar-refractivity contribution in [1.82, 2.24) is 0 Å². The van der Waals surface area contributed by atoms with E-state index in [-0.39, 0.29) is 55.2 Å². The molecule has 6 nitrogen and oxygen atoms in total. The minimum atomic E-state index is -0.853. The Hall–Kier alpha value is -1.59. The maximum Gasteiger partial charge on any atom is 0.306 e. The fourth-order valence-electron chi connectivity index (χ4n) is 2.77. The number of nitroso groups, excluding NO2 is 1. The van der Waals surface area contributed by atoms with Crippen molar-refractivity contribution in [3.63, 3.8) is 0 Å². The first-order valence-corrected chi connectivity index (χ1v) is 6.12. The van der Waals surface area contributed by atoms with E-state index in [2.05, 4.69) is 5.18 Å². The van der Waals surface area contributed by atoms with E-state index in [4.69, 9.17) is 4.74 Å². The highest BCUT2D eigenvalue weighted by Crippen LogP contribution is 2.34. The number of carbonyl (C=O) groups excluding carboxylic acids is 3. The molecule has 1 heterocycles. The molecule has 0 bridgehead atoms. The lowest BCUT2D eigenvalue weighted by Gasteiger charge is -2.32. The highest BCUT2D eigenvalue weighted by Gasteiger charge is 2.40. The van der Waals surface area contributed by atoms with Gasteiger partial charge in [-0.25, -0.2) is 0 Å². The second-order valence-corrected chi connectivity index (χ2v) is 4.94. The zero-order valence-electron chi connectivity index (χ0n) is 9.96. The molecule has 0 aromatic carbocycles. The third-order valence-corrected chi connectivity index (χ3v) is 3.81. The molecule has 1 aliphatic carbocycles. The van der Waals surface area contributed by atoms with Gasteiger partial charge in [-0.1, -0.05) is 5.18 Å². The van der Waals surface area contributed by atoms with E-state index in [0.717, 1.165) is 0 Å². The van der Waals surface area contributed by atoms with E-state index in [0.29, 0.717) is 13.0 Å². The molecule has 2 rings (SSSR count). The van der Waals surface area contributed by atoms with Gasteiger partial charge in [0.2, 0.25) is 0 Å². The average molecular weight is 253 g/mol. The Morgan fingerprint density at radius 3 is 2.28 bits per heavy atom. The smallest absolute Gasteiger partial charge is 0.306 e. The van der Waals surface area contributed by atoms with Gasteiger partial charge in [-0.2, -0.15) is 4.91 Å². The summed E-state index contributed by atoms with van der Waals surface area (Å²) in [6.07, 6.45) is 1.52. The topological polar surface area (TPSA) is 89.9 Å². The molecule has 1 saturated heterocycles. The zero-order chi connectivity index (χ0) is 13.1. The van der Waals surface area contributed by atoms with Crippen LogP contribution in [-0.2, 0) is 19.1 Å². The third-order valence-electron chi connectivity index (χ3n) is 3.81. The molecule has 1 aliphatic heterocycles. The maximum absolute atomic E-state index is 11.8. The van der Waals surface area contributed by atoms with E-state index in [9.17, 15) is 19.3 Å². The Kier molecular flexibility index (Phi) is 3.84. The molecule has 1 saturated carbocycles. The molecule has 0 aromatic heterocycles. The molecule has 1 unspecified atom stereocenters. The molecule has 1 atom stereocenters. The molecule has 98 valence electrons. The molecule has 0 aromatic rings. The summed E-state index contributed by atoms with van der Waals surface area (Å²) in [5.74, 6) is -1.58. The molecule has 0 N–H and O–H groups in total. The van der Waals surface area contributed by atoms with Gasteiger partial charge in [0.1, 0.15) is 11.6 Å². The number of ether oxygens (including phenoxy) is 1. The van der Waals surface area contributed by atoms with E-state index in [1.165, 1.54) is 0 Å². The zero-order valence-corrected chi connectivity index (χ0v) is 9.96. The van der Waals surface area contributed by atoms with Crippen LogP contribution in [0.2, 0.25) is 0 Å². The van der Waals surface area contributed by atoms with Crippen molar-refractivity contribution in [3.05, 3.63) is 4.91 Å². The minimum Gasteiger partial charge on any atom is -0.466 e. The summed E-state index contributed by atoms with van der Waals surface area (Å²) in [7, 11) is 0. The van der Waals surface area contributed by atoms with Crippen LogP contribution in [-0.4, -0.2) is 30.7 Å². The number of Topliss-reactive ketones (excluding diaryl/α,β-unsaturated/α-hetero) is 2. The van der Waals surface area contributed by atoms with Crippen LogP contribution in [0.5, 0.6) is 0 Å². The number of hydrogen-bond acceptors (Lipinski definition) is 6. The van der Waals surface area contributed by atoms with Crippen LogP contribution in [0.4, 0.5) is 0 Å². The minimum absolute atomic E-state index is 0.0456. The molecular weight excluding hydrogens is 238 g/mol. The highest BCUT2D eigenvalue weighted by atomic mass is 16.5. The van der Waals surface area contributed by atoms with Crippen LogP contribution in [0, 0.1) is 22.7 Å². The number of nitrogens with zero attached hydrogens (tertiary/aromatic N) is 1. The lowest BCUT2D eigenvalue weighted by molar-refractivity contribution is -0.152. The molecular formula is C12H15NO5. The number of hydrogen-bond donors (Lipinski definition) is 0. The van der Waals surface area contributed by atoms with Crippen molar-refractivity contribution in [2.24, 2.45) is 22.9 Å². The third kappa shape index (κ3) is 2.63. The lowest BCUT2D eigenvalue weighted by atomic mass is 9.72. The van der Waals surface area contributed by atoms with Gasteiger partial charge in [0.25, 0.3) is 0 Å². The first-order valence-electron chi connectivity index (χ1n) is 6.12. The molecule has 6 heteroatoms. The van der Waals surface area contributed by atoms with E-state index < -0.39 is 5.92 Å². The molecule has 2 fully saturated rings. The Morgan fingerprint density at radius 1 is 1.06 bits per heavy atom. The van der Waals surface area contributed by atoms with Crippen LogP contribution >= 0.6 is 0 Å². The van der Waals surface area contributed by atoms with Gasteiger partial charge in [0.05, 0.1) is 19.1 Å². The Morgan fingerprint density at radius 2 is 1.72 bits per heavy atom. The first-order chi connectivity index (χ1) is 8.61. The fraction of sp³-hybridized carbons (Fsp3) is 0.750. The SMILES string of the molecule is O=NCC1C(=O)CC(C2CCOC(=O)C2)CC1=O. The highest BCUT2D eigenvalue weighted by molar-refractivity contribution is 6.05. The molecule has 0 amide bonds. The second kappa shape index (κ2) is 5.37. The number of esters is 1. The monoisotopic (exact) mass is 253 g/mol. The van der Waals surface area contributed by atoms with Crippen LogP contribution in [0.3, 0.4) is 0 Å². The van der Waals surface area contributed by atoms with Gasteiger partial charge >= 0.3 is 5.97 Å². The van der Waals surface area contributed by atoms with E-state index >= 15 is 0 Å². The maximum atomic E-state index is 11.8. The lowest BCUT2D eigenvalue weighted by Crippen LogP contribution is -2.39. The summed E-state index contributed by atoms with van der Waals surface area (Å²) in [6.45, 7) is 0.110. The summed E-state index contributed by atoms with van der Waals surface area (Å²) in [5, 5.41) is 2.64. The van der Waals surface area contributed by atoms with E-state index in [1.54, 1.807) is 0 Å². The summed E-state index contributed by atoms with van der Waals surface area (Å²) in [4.78, 5) is 45.0. The summed E-state index contributed by atoms with van der Waals surface area (Å²) in [5.41, 5.74) is 0. The van der Waals surface area contributed by atoms with Gasteiger partial charge < -0.3 is 4.74 Å². The summed E-state index contributed by atoms with van der Waals surface area (Å²) in [6, 6.07) is 0. The Labute approximate surface area is 104 Å². The summed E-state index contributed by atoms with van der Waals surface area (Å²) >= 11 is 0. The van der Waals surface area contributed by atoms with Crippen molar-refractivity contribution in [1.29, 1.82) is 0 Å². The number of ketones is 2. The molecule has 0 radical (unpaired) electrons. The van der Waals surface area contributed by atoms with Gasteiger partial charge in [-0.15, -0.1) is 0 Å². The predicted molar refractivity (Wildman–Crippen MR) is 60.6 cm³/mol. The largest absolute Gasteiger partial charge is 0.466 e. The van der Waals surface area contributed by atoms with Crippen molar-refractivity contribution < 1.29 is 19.1 Å². The number of carbonyl (C=O) groups is 3. The van der Waals surface area contributed by atoms with Crippen molar-refractivity contribution in [3.8, 4) is 0 Å². The summed E-state index contributed by atoms with van der Waals surface area (Å²) < 4.78 is 4.85. The van der Waals surface area contributed by atoms with Crippen molar-refractivity contribution >= 4 is 17.5 Å². The van der Waals surface area contributed by atoms with Crippen LogP contribution in [0.1, 0.15) is 25.7 Å². The van der Waals surface area contributed by atoms with Gasteiger partial charge in [-0.05, 0) is 18.3 Å². The molecule has 18 heavy (non-hydrogen) atoms. The second-order valence-electron chi connectivity index (χ2n) is 4.94. The van der Waals surface area contributed by atoms with E-state index in [1.807, 2.05) is 0 Å². The molecule has 0 spiro atoms. The fourth-order valence-corrected chi connectivity index (χ4v) is 2.77. The molecule has 2 aliphatic rings.